The first-order valence-corrected chi connectivity index (χ1v) is 7.06. The van der Waals surface area contributed by atoms with Crippen molar-refractivity contribution in [1.82, 2.24) is 10.2 Å². The summed E-state index contributed by atoms with van der Waals surface area (Å²) >= 11 is 0. The molecule has 0 aromatic heterocycles. The molecule has 1 aromatic rings. The topological polar surface area (TPSA) is 32.3 Å². The maximum atomic E-state index is 12.5. The third kappa shape index (κ3) is 3.97. The second kappa shape index (κ2) is 7.09. The maximum Gasteiger partial charge on any atom is 0.223 e. The third-order valence-corrected chi connectivity index (χ3v) is 3.97. The molecule has 0 saturated carbocycles. The van der Waals surface area contributed by atoms with Gasteiger partial charge < -0.3 is 10.2 Å². The van der Waals surface area contributed by atoms with E-state index in [0.29, 0.717) is 12.5 Å². The van der Waals surface area contributed by atoms with Crippen molar-refractivity contribution in [3.05, 3.63) is 35.9 Å². The van der Waals surface area contributed by atoms with Crippen LogP contribution in [-0.4, -0.2) is 36.5 Å². The molecule has 1 fully saturated rings. The van der Waals surface area contributed by atoms with Crippen molar-refractivity contribution in [1.29, 1.82) is 0 Å². The number of rotatable bonds is 3. The lowest BCUT2D eigenvalue weighted by Crippen LogP contribution is -2.53. The van der Waals surface area contributed by atoms with E-state index in [1.165, 1.54) is 5.56 Å². The van der Waals surface area contributed by atoms with Crippen molar-refractivity contribution >= 4 is 18.3 Å². The lowest BCUT2D eigenvalue weighted by Gasteiger charge is -2.36. The minimum Gasteiger partial charge on any atom is -0.337 e. The number of benzene rings is 1. The van der Waals surface area contributed by atoms with Gasteiger partial charge in [-0.1, -0.05) is 44.2 Å². The van der Waals surface area contributed by atoms with Gasteiger partial charge in [-0.05, 0) is 17.9 Å². The molecule has 3 nitrogen and oxygen atoms in total. The predicted octanol–water partition coefficient (Wildman–Crippen LogP) is 2.60. The van der Waals surface area contributed by atoms with Gasteiger partial charge in [-0.3, -0.25) is 4.79 Å². The van der Waals surface area contributed by atoms with E-state index in [1.54, 1.807) is 0 Å². The number of hydrogen-bond donors (Lipinski definition) is 1. The van der Waals surface area contributed by atoms with Crippen molar-refractivity contribution in [2.75, 3.05) is 19.6 Å². The molecule has 0 radical (unpaired) electrons. The van der Waals surface area contributed by atoms with Crippen LogP contribution in [0.1, 0.15) is 32.8 Å². The quantitative estimate of drug-likeness (QED) is 0.930. The van der Waals surface area contributed by atoms with E-state index < -0.39 is 0 Å². The number of nitrogens with zero attached hydrogens (tertiary/aromatic N) is 1. The van der Waals surface area contributed by atoms with E-state index in [0.717, 1.165) is 19.6 Å². The summed E-state index contributed by atoms with van der Waals surface area (Å²) in [5.41, 5.74) is 1.12. The van der Waals surface area contributed by atoms with Crippen LogP contribution in [-0.2, 0) is 10.2 Å². The highest BCUT2D eigenvalue weighted by atomic mass is 35.5. The first kappa shape index (κ1) is 17.0. The van der Waals surface area contributed by atoms with Crippen LogP contribution in [0.5, 0.6) is 0 Å². The highest BCUT2D eigenvalue weighted by Gasteiger charge is 2.29. The number of halogens is 1. The molecule has 1 aliphatic rings. The number of piperazine rings is 1. The van der Waals surface area contributed by atoms with Gasteiger partial charge >= 0.3 is 0 Å². The largest absolute Gasteiger partial charge is 0.337 e. The zero-order valence-electron chi connectivity index (χ0n) is 12.6. The summed E-state index contributed by atoms with van der Waals surface area (Å²) in [6.07, 6.45) is 0.571. The molecule has 1 saturated heterocycles. The summed E-state index contributed by atoms with van der Waals surface area (Å²) in [6.45, 7) is 9.03. The minimum absolute atomic E-state index is 0. The fourth-order valence-corrected chi connectivity index (χ4v) is 2.68. The Morgan fingerprint density at radius 3 is 2.60 bits per heavy atom. The Bertz CT molecular complexity index is 433. The van der Waals surface area contributed by atoms with Crippen LogP contribution < -0.4 is 5.32 Å². The number of nitrogens with one attached hydrogen (secondary N) is 1. The molecule has 2 rings (SSSR count). The van der Waals surface area contributed by atoms with Gasteiger partial charge in [0, 0.05) is 32.1 Å². The minimum atomic E-state index is -0.108. The second-order valence-electron chi connectivity index (χ2n) is 6.07. The summed E-state index contributed by atoms with van der Waals surface area (Å²) in [4.78, 5) is 14.5. The molecule has 0 unspecified atom stereocenters. The normalized spacial score (nSPS) is 19.4. The molecule has 1 N–H and O–H groups in total. The fraction of sp³-hybridized carbons (Fsp3) is 0.562. The fourth-order valence-electron chi connectivity index (χ4n) is 2.68. The Hall–Kier alpha value is -1.06. The Morgan fingerprint density at radius 1 is 1.35 bits per heavy atom. The maximum absolute atomic E-state index is 12.5. The van der Waals surface area contributed by atoms with Crippen LogP contribution in [0.15, 0.2) is 30.3 Å². The van der Waals surface area contributed by atoms with Gasteiger partial charge in [0.25, 0.3) is 0 Å². The first-order chi connectivity index (χ1) is 9.00. The van der Waals surface area contributed by atoms with Gasteiger partial charge in [0.05, 0.1) is 0 Å². The van der Waals surface area contributed by atoms with Crippen LogP contribution >= 0.6 is 12.4 Å². The number of carbonyl (C=O) groups excluding carboxylic acids is 1. The first-order valence-electron chi connectivity index (χ1n) is 7.06. The van der Waals surface area contributed by atoms with Gasteiger partial charge in [-0.2, -0.15) is 0 Å². The lowest BCUT2D eigenvalue weighted by molar-refractivity contribution is -0.135. The van der Waals surface area contributed by atoms with Crippen molar-refractivity contribution in [3.8, 4) is 0 Å². The lowest BCUT2D eigenvalue weighted by atomic mass is 9.81. The summed E-state index contributed by atoms with van der Waals surface area (Å²) in [6, 6.07) is 10.6. The van der Waals surface area contributed by atoms with Crippen molar-refractivity contribution in [3.63, 3.8) is 0 Å². The zero-order chi connectivity index (χ0) is 13.9. The molecule has 1 heterocycles. The van der Waals surface area contributed by atoms with Crippen LogP contribution in [0.3, 0.4) is 0 Å². The number of carbonyl (C=O) groups is 1. The predicted molar refractivity (Wildman–Crippen MR) is 85.4 cm³/mol. The molecule has 1 aromatic carbocycles. The number of amides is 1. The standard InChI is InChI=1S/C16H24N2O.ClH/c1-13-12-17-9-10-18(13)15(19)11-16(2,3)14-7-5-4-6-8-14;/h4-8,13,17H,9-12H2,1-3H3;1H/t13-;/m1./s1. The van der Waals surface area contributed by atoms with E-state index in [9.17, 15) is 4.79 Å². The van der Waals surface area contributed by atoms with Crippen LogP contribution in [0.4, 0.5) is 0 Å². The van der Waals surface area contributed by atoms with E-state index in [2.05, 4.69) is 38.2 Å². The Labute approximate surface area is 128 Å². The molecular weight excluding hydrogens is 272 g/mol. The van der Waals surface area contributed by atoms with Gasteiger partial charge in [0.15, 0.2) is 0 Å². The summed E-state index contributed by atoms with van der Waals surface area (Å²) in [7, 11) is 0. The summed E-state index contributed by atoms with van der Waals surface area (Å²) in [5.74, 6) is 0.267. The average molecular weight is 297 g/mol. The zero-order valence-corrected chi connectivity index (χ0v) is 13.4. The molecule has 0 bridgehead atoms. The second-order valence-corrected chi connectivity index (χ2v) is 6.07. The van der Waals surface area contributed by atoms with Crippen molar-refractivity contribution in [2.45, 2.75) is 38.6 Å². The molecule has 4 heteroatoms. The van der Waals surface area contributed by atoms with Crippen LogP contribution in [0, 0.1) is 0 Å². The van der Waals surface area contributed by atoms with E-state index in [-0.39, 0.29) is 23.7 Å². The molecular formula is C16H25ClN2O. The smallest absolute Gasteiger partial charge is 0.223 e. The van der Waals surface area contributed by atoms with E-state index >= 15 is 0 Å². The molecule has 112 valence electrons. The SMILES string of the molecule is C[C@@H]1CNCCN1C(=O)CC(C)(C)c1ccccc1.Cl. The Kier molecular flexibility index (Phi) is 6.03. The molecule has 20 heavy (non-hydrogen) atoms. The van der Waals surface area contributed by atoms with Gasteiger partial charge in [0.1, 0.15) is 0 Å². The molecule has 1 aliphatic heterocycles. The number of hydrogen-bond acceptors (Lipinski definition) is 2. The molecule has 1 atom stereocenters. The average Bonchev–Trinajstić information content (AvgIpc) is 2.39. The highest BCUT2D eigenvalue weighted by Crippen LogP contribution is 2.28. The van der Waals surface area contributed by atoms with Gasteiger partial charge in [0.2, 0.25) is 5.91 Å². The van der Waals surface area contributed by atoms with Gasteiger partial charge in [-0.25, -0.2) is 0 Å². The van der Waals surface area contributed by atoms with Crippen LogP contribution in [0.25, 0.3) is 0 Å². The van der Waals surface area contributed by atoms with E-state index in [1.807, 2.05) is 23.1 Å². The summed E-state index contributed by atoms with van der Waals surface area (Å²) in [5, 5.41) is 3.32. The molecule has 0 aliphatic carbocycles. The molecule has 0 spiro atoms. The Morgan fingerprint density at radius 2 is 2.00 bits per heavy atom. The van der Waals surface area contributed by atoms with Crippen LogP contribution in [0.2, 0.25) is 0 Å². The third-order valence-electron chi connectivity index (χ3n) is 3.97. The monoisotopic (exact) mass is 296 g/mol. The van der Waals surface area contributed by atoms with Gasteiger partial charge in [-0.15, -0.1) is 12.4 Å². The Balaban J connectivity index is 0.00000200. The highest BCUT2D eigenvalue weighted by molar-refractivity contribution is 5.85. The molecule has 1 amide bonds. The van der Waals surface area contributed by atoms with E-state index in [4.69, 9.17) is 0 Å². The van der Waals surface area contributed by atoms with Crippen molar-refractivity contribution in [2.24, 2.45) is 0 Å². The summed E-state index contributed by atoms with van der Waals surface area (Å²) < 4.78 is 0. The van der Waals surface area contributed by atoms with Crippen molar-refractivity contribution < 1.29 is 4.79 Å².